The van der Waals surface area contributed by atoms with Gasteiger partial charge >= 0.3 is 0 Å². The van der Waals surface area contributed by atoms with E-state index in [-0.39, 0.29) is 0 Å². The third-order valence-electron chi connectivity index (χ3n) is 3.48. The number of amides is 1. The van der Waals surface area contributed by atoms with Gasteiger partial charge in [-0.3, -0.25) is 10.1 Å². The summed E-state index contributed by atoms with van der Waals surface area (Å²) in [6.07, 6.45) is -0.426. The van der Waals surface area contributed by atoms with E-state index in [0.29, 0.717) is 6.61 Å². The molecule has 0 fully saturated rings. The molecule has 1 amide bonds. The summed E-state index contributed by atoms with van der Waals surface area (Å²) in [5.41, 5.74) is 7.25. The molecule has 0 saturated heterocycles. The number of nitrogens with one attached hydrogen (secondary N) is 1. The van der Waals surface area contributed by atoms with Crippen molar-refractivity contribution < 1.29 is 14.3 Å². The van der Waals surface area contributed by atoms with Crippen molar-refractivity contribution in [2.24, 2.45) is 5.73 Å². The molecule has 0 aliphatic carbocycles. The van der Waals surface area contributed by atoms with Gasteiger partial charge in [-0.2, -0.15) is 0 Å². The lowest BCUT2D eigenvalue weighted by Crippen LogP contribution is -2.41. The first-order valence-corrected chi connectivity index (χ1v) is 7.45. The number of hydrogen-bond acceptors (Lipinski definition) is 4. The number of rotatable bonds is 8. The fourth-order valence-electron chi connectivity index (χ4n) is 2.12. The number of primary amides is 1. The van der Waals surface area contributed by atoms with Crippen LogP contribution >= 0.6 is 0 Å². The maximum Gasteiger partial charge on any atom is 0.234 e. The maximum absolute atomic E-state index is 11.3. The molecular weight excluding hydrogens is 292 g/mol. The van der Waals surface area contributed by atoms with Crippen LogP contribution in [0.1, 0.15) is 24.3 Å². The lowest BCUT2D eigenvalue weighted by Gasteiger charge is -2.23. The summed E-state index contributed by atoms with van der Waals surface area (Å²) in [5.74, 6) is 0.358. The predicted molar refractivity (Wildman–Crippen MR) is 88.8 cm³/mol. The van der Waals surface area contributed by atoms with Crippen LogP contribution in [0.3, 0.4) is 0 Å². The van der Waals surface area contributed by atoms with Crippen LogP contribution in [0.5, 0.6) is 5.75 Å². The number of carbonyl (C=O) groups is 1. The minimum absolute atomic E-state index is 0.384. The van der Waals surface area contributed by atoms with E-state index in [1.807, 2.05) is 54.6 Å². The molecule has 2 unspecified atom stereocenters. The van der Waals surface area contributed by atoms with Crippen molar-refractivity contribution in [3.8, 4) is 5.75 Å². The van der Waals surface area contributed by atoms with Gasteiger partial charge in [-0.25, -0.2) is 0 Å². The van der Waals surface area contributed by atoms with Gasteiger partial charge in [0.15, 0.2) is 0 Å². The number of methoxy groups -OCH3 is 1. The van der Waals surface area contributed by atoms with E-state index in [4.69, 9.17) is 15.2 Å². The molecule has 0 aliphatic heterocycles. The Hall–Kier alpha value is -2.37. The summed E-state index contributed by atoms with van der Waals surface area (Å²) in [7, 11) is 1.63. The van der Waals surface area contributed by atoms with E-state index < -0.39 is 18.2 Å². The highest BCUT2D eigenvalue weighted by Crippen LogP contribution is 2.19. The lowest BCUT2D eigenvalue weighted by molar-refractivity contribution is -0.121. The molecule has 122 valence electrons. The summed E-state index contributed by atoms with van der Waals surface area (Å²) < 4.78 is 11.2. The van der Waals surface area contributed by atoms with Gasteiger partial charge in [0.05, 0.1) is 19.8 Å². The zero-order chi connectivity index (χ0) is 16.7. The average molecular weight is 314 g/mol. The van der Waals surface area contributed by atoms with Crippen molar-refractivity contribution in [1.82, 2.24) is 5.32 Å². The van der Waals surface area contributed by atoms with Crippen molar-refractivity contribution in [1.29, 1.82) is 0 Å². The second-order valence-electron chi connectivity index (χ2n) is 5.24. The quantitative estimate of drug-likeness (QED) is 0.734. The number of benzene rings is 2. The summed E-state index contributed by atoms with van der Waals surface area (Å²) >= 11 is 0. The lowest BCUT2D eigenvalue weighted by atomic mass is 10.1. The second-order valence-corrected chi connectivity index (χ2v) is 5.24. The van der Waals surface area contributed by atoms with Crippen molar-refractivity contribution in [2.45, 2.75) is 25.8 Å². The second kappa shape index (κ2) is 8.31. The molecule has 5 nitrogen and oxygen atoms in total. The smallest absolute Gasteiger partial charge is 0.234 e. The SMILES string of the molecule is COc1cccc(COC(NC(C)C(N)=O)c2ccccc2)c1. The van der Waals surface area contributed by atoms with Crippen molar-refractivity contribution in [2.75, 3.05) is 7.11 Å². The fourth-order valence-corrected chi connectivity index (χ4v) is 2.12. The standard InChI is InChI=1S/C18H22N2O3/c1-13(17(19)21)20-18(15-8-4-3-5-9-15)23-12-14-7-6-10-16(11-14)22-2/h3-11,13,18,20H,12H2,1-2H3,(H2,19,21). The van der Waals surface area contributed by atoms with E-state index in [1.165, 1.54) is 0 Å². The molecule has 0 aromatic heterocycles. The third-order valence-corrected chi connectivity index (χ3v) is 3.48. The molecule has 3 N–H and O–H groups in total. The van der Waals surface area contributed by atoms with E-state index in [0.717, 1.165) is 16.9 Å². The first-order valence-electron chi connectivity index (χ1n) is 7.45. The highest BCUT2D eigenvalue weighted by Gasteiger charge is 2.18. The Balaban J connectivity index is 2.09. The van der Waals surface area contributed by atoms with E-state index in [2.05, 4.69) is 5.32 Å². The molecule has 0 bridgehead atoms. The first kappa shape index (κ1) is 17.0. The molecule has 5 heteroatoms. The largest absolute Gasteiger partial charge is 0.497 e. The van der Waals surface area contributed by atoms with Crippen LogP contribution in [0.25, 0.3) is 0 Å². The van der Waals surface area contributed by atoms with Gasteiger partial charge in [-0.1, -0.05) is 42.5 Å². The molecule has 0 saturated carbocycles. The first-order chi connectivity index (χ1) is 11.1. The van der Waals surface area contributed by atoms with Crippen LogP contribution in [0.2, 0.25) is 0 Å². The Morgan fingerprint density at radius 3 is 2.57 bits per heavy atom. The van der Waals surface area contributed by atoms with Gasteiger partial charge in [-0.15, -0.1) is 0 Å². The molecule has 0 radical (unpaired) electrons. The van der Waals surface area contributed by atoms with Crippen LogP contribution in [-0.4, -0.2) is 19.1 Å². The molecule has 0 heterocycles. The van der Waals surface area contributed by atoms with Crippen LogP contribution in [0.4, 0.5) is 0 Å². The van der Waals surface area contributed by atoms with Crippen molar-refractivity contribution >= 4 is 5.91 Å². The van der Waals surface area contributed by atoms with Gasteiger partial charge in [0, 0.05) is 0 Å². The minimum Gasteiger partial charge on any atom is -0.497 e. The highest BCUT2D eigenvalue weighted by molar-refractivity contribution is 5.79. The van der Waals surface area contributed by atoms with E-state index in [9.17, 15) is 4.79 Å². The molecule has 2 rings (SSSR count). The highest BCUT2D eigenvalue weighted by atomic mass is 16.5. The minimum atomic E-state index is -0.495. The Labute approximate surface area is 136 Å². The molecule has 2 atom stereocenters. The zero-order valence-corrected chi connectivity index (χ0v) is 13.4. The number of nitrogens with two attached hydrogens (primary N) is 1. The summed E-state index contributed by atoms with van der Waals surface area (Å²) in [6, 6.07) is 16.8. The average Bonchev–Trinajstić information content (AvgIpc) is 2.59. The molecular formula is C18H22N2O3. The monoisotopic (exact) mass is 314 g/mol. The van der Waals surface area contributed by atoms with E-state index >= 15 is 0 Å². The molecule has 2 aromatic rings. The van der Waals surface area contributed by atoms with Crippen molar-refractivity contribution in [3.63, 3.8) is 0 Å². The fraction of sp³-hybridized carbons (Fsp3) is 0.278. The Morgan fingerprint density at radius 1 is 1.17 bits per heavy atom. The van der Waals surface area contributed by atoms with E-state index in [1.54, 1.807) is 14.0 Å². The van der Waals surface area contributed by atoms with Crippen LogP contribution in [-0.2, 0) is 16.1 Å². The normalized spacial score (nSPS) is 13.3. The van der Waals surface area contributed by atoms with Gasteiger partial charge in [0.2, 0.25) is 5.91 Å². The molecule has 0 spiro atoms. The molecule has 2 aromatic carbocycles. The number of carbonyl (C=O) groups excluding carboxylic acids is 1. The maximum atomic E-state index is 11.3. The van der Waals surface area contributed by atoms with Crippen LogP contribution in [0.15, 0.2) is 54.6 Å². The van der Waals surface area contributed by atoms with Crippen LogP contribution in [0, 0.1) is 0 Å². The predicted octanol–water partition coefficient (Wildman–Crippen LogP) is 2.37. The topological polar surface area (TPSA) is 73.6 Å². The molecule has 0 aliphatic rings. The Morgan fingerprint density at radius 2 is 1.91 bits per heavy atom. The van der Waals surface area contributed by atoms with Crippen LogP contribution < -0.4 is 15.8 Å². The van der Waals surface area contributed by atoms with Crippen molar-refractivity contribution in [3.05, 3.63) is 65.7 Å². The van der Waals surface area contributed by atoms with Gasteiger partial charge < -0.3 is 15.2 Å². The summed E-state index contributed by atoms with van der Waals surface area (Å²) in [6.45, 7) is 2.10. The van der Waals surface area contributed by atoms with Gasteiger partial charge in [0.25, 0.3) is 0 Å². The zero-order valence-electron chi connectivity index (χ0n) is 13.4. The third kappa shape index (κ3) is 5.09. The Kier molecular flexibility index (Phi) is 6.14. The summed E-state index contributed by atoms with van der Waals surface area (Å²) in [5, 5.41) is 3.10. The van der Waals surface area contributed by atoms with Gasteiger partial charge in [0.1, 0.15) is 12.0 Å². The Bertz CT molecular complexity index is 631. The van der Waals surface area contributed by atoms with Gasteiger partial charge in [-0.05, 0) is 30.2 Å². The molecule has 23 heavy (non-hydrogen) atoms. The summed E-state index contributed by atoms with van der Waals surface area (Å²) in [4.78, 5) is 11.3. The number of hydrogen-bond donors (Lipinski definition) is 2. The number of ether oxygens (including phenoxy) is 2.